The molecule has 0 unspecified atom stereocenters. The van der Waals surface area contributed by atoms with E-state index >= 15 is 0 Å². The van der Waals surface area contributed by atoms with Gasteiger partial charge in [0.1, 0.15) is 0 Å². The standard InChI is InChI=1S/C20H16N4O8S/c1-30-18(26)12-6-7-14(19(27)31-2)15(9-12)21-16(25)10-33-20-23-22-17(32-20)11-4-3-5-13(8-11)24(28)29/h3-9H,10H2,1-2H3,(H,21,25). The fourth-order valence-corrected chi connectivity index (χ4v) is 3.19. The molecule has 33 heavy (non-hydrogen) atoms. The summed E-state index contributed by atoms with van der Waals surface area (Å²) in [5.41, 5.74) is 0.476. The fourth-order valence-electron chi connectivity index (χ4n) is 2.63. The van der Waals surface area contributed by atoms with Crippen molar-refractivity contribution in [1.29, 1.82) is 0 Å². The molecule has 1 heterocycles. The Labute approximate surface area is 190 Å². The van der Waals surface area contributed by atoms with Crippen molar-refractivity contribution >= 4 is 41.0 Å². The van der Waals surface area contributed by atoms with Crippen molar-refractivity contribution in [2.75, 3.05) is 25.3 Å². The Morgan fingerprint density at radius 3 is 2.55 bits per heavy atom. The van der Waals surface area contributed by atoms with Gasteiger partial charge in [-0.05, 0) is 24.3 Å². The van der Waals surface area contributed by atoms with E-state index in [9.17, 15) is 24.5 Å². The monoisotopic (exact) mass is 472 g/mol. The molecule has 0 saturated carbocycles. The van der Waals surface area contributed by atoms with Crippen molar-refractivity contribution in [3.05, 3.63) is 63.7 Å². The SMILES string of the molecule is COC(=O)c1ccc(C(=O)OC)c(NC(=O)CSc2nnc(-c3cccc([N+](=O)[O-])c3)o2)c1. The number of nitro benzene ring substituents is 1. The molecule has 0 aliphatic rings. The number of thioether (sulfide) groups is 1. The number of methoxy groups -OCH3 is 2. The van der Waals surface area contributed by atoms with Crippen LogP contribution < -0.4 is 5.32 Å². The number of hydrogen-bond acceptors (Lipinski definition) is 11. The number of nitrogens with one attached hydrogen (secondary N) is 1. The summed E-state index contributed by atoms with van der Waals surface area (Å²) in [5, 5.41) is 21.2. The molecule has 12 nitrogen and oxygen atoms in total. The van der Waals surface area contributed by atoms with Crippen LogP contribution in [-0.4, -0.2) is 52.9 Å². The van der Waals surface area contributed by atoms with Gasteiger partial charge in [-0.3, -0.25) is 14.9 Å². The summed E-state index contributed by atoms with van der Waals surface area (Å²) in [6, 6.07) is 9.69. The summed E-state index contributed by atoms with van der Waals surface area (Å²) in [4.78, 5) is 46.6. The van der Waals surface area contributed by atoms with Crippen molar-refractivity contribution in [2.45, 2.75) is 5.22 Å². The number of aromatic nitrogens is 2. The van der Waals surface area contributed by atoms with Gasteiger partial charge >= 0.3 is 11.9 Å². The van der Waals surface area contributed by atoms with Gasteiger partial charge in [0.2, 0.25) is 11.8 Å². The Morgan fingerprint density at radius 1 is 1.09 bits per heavy atom. The summed E-state index contributed by atoms with van der Waals surface area (Å²) in [7, 11) is 2.39. The second-order valence-corrected chi connectivity index (χ2v) is 7.19. The first-order chi connectivity index (χ1) is 15.8. The summed E-state index contributed by atoms with van der Waals surface area (Å²) in [5.74, 6) is -1.98. The maximum atomic E-state index is 12.4. The van der Waals surface area contributed by atoms with Gasteiger partial charge in [0, 0.05) is 17.7 Å². The lowest BCUT2D eigenvalue weighted by Gasteiger charge is -2.11. The first kappa shape index (κ1) is 23.4. The molecule has 0 radical (unpaired) electrons. The normalized spacial score (nSPS) is 10.4. The van der Waals surface area contributed by atoms with Gasteiger partial charge in [-0.25, -0.2) is 9.59 Å². The highest BCUT2D eigenvalue weighted by Crippen LogP contribution is 2.26. The van der Waals surface area contributed by atoms with E-state index < -0.39 is 22.8 Å². The number of nitrogens with zero attached hydrogens (tertiary/aromatic N) is 3. The van der Waals surface area contributed by atoms with Crippen molar-refractivity contribution in [3.8, 4) is 11.5 Å². The number of non-ortho nitro benzene ring substituents is 1. The number of amides is 1. The average molecular weight is 472 g/mol. The van der Waals surface area contributed by atoms with Crippen LogP contribution in [0.1, 0.15) is 20.7 Å². The molecule has 0 fully saturated rings. The van der Waals surface area contributed by atoms with E-state index in [1.807, 2.05) is 0 Å². The van der Waals surface area contributed by atoms with E-state index in [1.165, 1.54) is 50.6 Å². The van der Waals surface area contributed by atoms with Gasteiger partial charge in [0.05, 0.1) is 41.7 Å². The lowest BCUT2D eigenvalue weighted by molar-refractivity contribution is -0.384. The summed E-state index contributed by atoms with van der Waals surface area (Å²) in [6.45, 7) is 0. The van der Waals surface area contributed by atoms with Crippen molar-refractivity contribution in [1.82, 2.24) is 10.2 Å². The van der Waals surface area contributed by atoms with Crippen LogP contribution >= 0.6 is 11.8 Å². The number of anilines is 1. The van der Waals surface area contributed by atoms with Gasteiger partial charge in [0.15, 0.2) is 0 Å². The highest BCUT2D eigenvalue weighted by atomic mass is 32.2. The molecule has 0 saturated heterocycles. The highest BCUT2D eigenvalue weighted by molar-refractivity contribution is 7.99. The smallest absolute Gasteiger partial charge is 0.339 e. The molecule has 0 aliphatic carbocycles. The molecule has 170 valence electrons. The van der Waals surface area contributed by atoms with Gasteiger partial charge in [-0.15, -0.1) is 10.2 Å². The van der Waals surface area contributed by atoms with E-state index in [0.717, 1.165) is 11.8 Å². The summed E-state index contributed by atoms with van der Waals surface area (Å²) < 4.78 is 14.8. The van der Waals surface area contributed by atoms with E-state index in [2.05, 4.69) is 20.3 Å². The van der Waals surface area contributed by atoms with Crippen LogP contribution in [0, 0.1) is 10.1 Å². The van der Waals surface area contributed by atoms with Crippen LogP contribution in [-0.2, 0) is 14.3 Å². The van der Waals surface area contributed by atoms with E-state index in [-0.39, 0.29) is 39.4 Å². The number of nitro groups is 1. The molecular weight excluding hydrogens is 456 g/mol. The molecule has 0 bridgehead atoms. The minimum absolute atomic E-state index is 0.0502. The second-order valence-electron chi connectivity index (χ2n) is 6.26. The topological polar surface area (TPSA) is 164 Å². The molecular formula is C20H16N4O8S. The van der Waals surface area contributed by atoms with Gasteiger partial charge in [-0.1, -0.05) is 17.8 Å². The molecule has 1 N–H and O–H groups in total. The number of carbonyl (C=O) groups is 3. The minimum atomic E-state index is -0.701. The van der Waals surface area contributed by atoms with Crippen molar-refractivity contribution < 1.29 is 33.2 Å². The van der Waals surface area contributed by atoms with Crippen LogP contribution in [0.15, 0.2) is 52.1 Å². The van der Waals surface area contributed by atoms with Crippen molar-refractivity contribution in [3.63, 3.8) is 0 Å². The molecule has 0 spiro atoms. The Balaban J connectivity index is 1.70. The number of esters is 2. The van der Waals surface area contributed by atoms with Gasteiger partial charge in [-0.2, -0.15) is 0 Å². The number of hydrogen-bond donors (Lipinski definition) is 1. The predicted octanol–water partition coefficient (Wildman–Crippen LogP) is 2.95. The molecule has 13 heteroatoms. The molecule has 1 aromatic heterocycles. The molecule has 2 aromatic carbocycles. The number of rotatable bonds is 8. The Kier molecular flexibility index (Phi) is 7.35. The van der Waals surface area contributed by atoms with Gasteiger partial charge in [0.25, 0.3) is 10.9 Å². The molecule has 3 rings (SSSR count). The number of benzene rings is 2. The molecule has 0 atom stereocenters. The molecule has 1 amide bonds. The molecule has 3 aromatic rings. The zero-order chi connectivity index (χ0) is 24.0. The zero-order valence-electron chi connectivity index (χ0n) is 17.3. The Bertz CT molecular complexity index is 1230. The van der Waals surface area contributed by atoms with E-state index in [0.29, 0.717) is 5.56 Å². The van der Waals surface area contributed by atoms with Crippen LogP contribution in [0.5, 0.6) is 0 Å². The quantitative estimate of drug-likeness (QED) is 0.222. The van der Waals surface area contributed by atoms with Crippen molar-refractivity contribution in [2.24, 2.45) is 0 Å². The minimum Gasteiger partial charge on any atom is -0.465 e. The van der Waals surface area contributed by atoms with E-state index in [1.54, 1.807) is 6.07 Å². The Morgan fingerprint density at radius 2 is 1.85 bits per heavy atom. The third-order valence-corrected chi connectivity index (χ3v) is 4.98. The molecule has 0 aliphatic heterocycles. The largest absolute Gasteiger partial charge is 0.465 e. The van der Waals surface area contributed by atoms with Crippen LogP contribution in [0.25, 0.3) is 11.5 Å². The van der Waals surface area contributed by atoms with Gasteiger partial charge < -0.3 is 19.2 Å². The highest BCUT2D eigenvalue weighted by Gasteiger charge is 2.19. The van der Waals surface area contributed by atoms with E-state index in [4.69, 9.17) is 9.15 Å². The lowest BCUT2D eigenvalue weighted by Crippen LogP contribution is -2.18. The maximum Gasteiger partial charge on any atom is 0.339 e. The zero-order valence-corrected chi connectivity index (χ0v) is 18.1. The first-order valence-corrected chi connectivity index (χ1v) is 10.1. The summed E-state index contributed by atoms with van der Waals surface area (Å²) in [6.07, 6.45) is 0. The average Bonchev–Trinajstić information content (AvgIpc) is 3.31. The van der Waals surface area contributed by atoms with Crippen LogP contribution in [0.3, 0.4) is 0 Å². The van der Waals surface area contributed by atoms with Crippen LogP contribution in [0.4, 0.5) is 11.4 Å². The number of ether oxygens (including phenoxy) is 2. The predicted molar refractivity (Wildman–Crippen MR) is 115 cm³/mol. The Hall–Kier alpha value is -4.26. The first-order valence-electron chi connectivity index (χ1n) is 9.14. The number of carbonyl (C=O) groups excluding carboxylic acids is 3. The fraction of sp³-hybridized carbons (Fsp3) is 0.150. The van der Waals surface area contributed by atoms with Crippen LogP contribution in [0.2, 0.25) is 0 Å². The second kappa shape index (κ2) is 10.4. The summed E-state index contributed by atoms with van der Waals surface area (Å²) >= 11 is 0.915. The maximum absolute atomic E-state index is 12.4. The third-order valence-electron chi connectivity index (χ3n) is 4.16. The lowest BCUT2D eigenvalue weighted by atomic mass is 10.1. The third kappa shape index (κ3) is 5.71.